The molecule has 2 amide bonds. The van der Waals surface area contributed by atoms with Crippen LogP contribution in [0.3, 0.4) is 0 Å². The second kappa shape index (κ2) is 14.4. The van der Waals surface area contributed by atoms with Gasteiger partial charge in [0, 0.05) is 46.1 Å². The Labute approximate surface area is 192 Å². The SMILES string of the molecule is CCN(C)C(=O)N1CCC(Oc2ccc(OCCCN3CCCCC3)cc2)CC1.OCl. The van der Waals surface area contributed by atoms with Gasteiger partial charge >= 0.3 is 6.03 Å². The van der Waals surface area contributed by atoms with Crippen LogP contribution in [0.15, 0.2) is 24.3 Å². The molecule has 1 N–H and O–H groups in total. The summed E-state index contributed by atoms with van der Waals surface area (Å²) in [6, 6.07) is 8.08. The number of ether oxygens (including phenoxy) is 2. The van der Waals surface area contributed by atoms with Gasteiger partial charge in [-0.05, 0) is 63.5 Å². The molecule has 0 atom stereocenters. The summed E-state index contributed by atoms with van der Waals surface area (Å²) < 4.78 is 18.5. The first-order valence-electron chi connectivity index (χ1n) is 11.4. The van der Waals surface area contributed by atoms with Crippen molar-refractivity contribution in [2.45, 2.75) is 51.6 Å². The Morgan fingerprint density at radius 3 is 2.29 bits per heavy atom. The normalized spacial score (nSPS) is 17.5. The van der Waals surface area contributed by atoms with Gasteiger partial charge in [0.05, 0.1) is 18.5 Å². The van der Waals surface area contributed by atoms with E-state index in [2.05, 4.69) is 16.8 Å². The Balaban J connectivity index is 0.00000166. The van der Waals surface area contributed by atoms with Gasteiger partial charge in [0.15, 0.2) is 0 Å². The fourth-order valence-electron chi connectivity index (χ4n) is 4.01. The van der Waals surface area contributed by atoms with Crippen LogP contribution in [0.25, 0.3) is 0 Å². The van der Waals surface area contributed by atoms with Crippen molar-refractivity contribution in [3.8, 4) is 11.5 Å². The van der Waals surface area contributed by atoms with Crippen LogP contribution in [0, 0.1) is 0 Å². The third-order valence-corrected chi connectivity index (χ3v) is 5.98. The first-order valence-corrected chi connectivity index (χ1v) is 11.8. The van der Waals surface area contributed by atoms with E-state index in [0.717, 1.165) is 63.5 Å². The molecule has 7 nitrogen and oxygen atoms in total. The molecule has 0 aliphatic carbocycles. The number of hydrogen-bond acceptors (Lipinski definition) is 5. The second-order valence-electron chi connectivity index (χ2n) is 8.18. The van der Waals surface area contributed by atoms with Gasteiger partial charge in [-0.15, -0.1) is 0 Å². The lowest BCUT2D eigenvalue weighted by molar-refractivity contribution is 0.0990. The predicted molar refractivity (Wildman–Crippen MR) is 124 cm³/mol. The highest BCUT2D eigenvalue weighted by atomic mass is 35.5. The van der Waals surface area contributed by atoms with Gasteiger partial charge in [0.1, 0.15) is 17.6 Å². The molecule has 0 unspecified atom stereocenters. The minimum atomic E-state index is 0.118. The summed E-state index contributed by atoms with van der Waals surface area (Å²) in [5, 5.41) is 0. The van der Waals surface area contributed by atoms with Crippen LogP contribution >= 0.6 is 11.9 Å². The van der Waals surface area contributed by atoms with Crippen molar-refractivity contribution in [1.29, 1.82) is 0 Å². The highest BCUT2D eigenvalue weighted by Crippen LogP contribution is 2.22. The number of likely N-dealkylation sites (tertiary alicyclic amines) is 2. The number of amides is 2. The fourth-order valence-corrected chi connectivity index (χ4v) is 4.01. The molecule has 8 heteroatoms. The summed E-state index contributed by atoms with van der Waals surface area (Å²) in [5.41, 5.74) is 0. The topological polar surface area (TPSA) is 65.5 Å². The molecule has 0 spiro atoms. The van der Waals surface area contributed by atoms with Crippen LogP contribution in [0.2, 0.25) is 0 Å². The zero-order valence-electron chi connectivity index (χ0n) is 19.0. The molecule has 2 aliphatic heterocycles. The summed E-state index contributed by atoms with van der Waals surface area (Å²) in [5.74, 6) is 1.78. The Morgan fingerprint density at radius 2 is 1.68 bits per heavy atom. The van der Waals surface area contributed by atoms with Crippen LogP contribution in [-0.2, 0) is 0 Å². The van der Waals surface area contributed by atoms with Crippen molar-refractivity contribution in [2.24, 2.45) is 0 Å². The minimum Gasteiger partial charge on any atom is -0.494 e. The summed E-state index contributed by atoms with van der Waals surface area (Å²) in [6.07, 6.45) is 7.05. The first kappa shape index (κ1) is 25.6. The highest BCUT2D eigenvalue weighted by molar-refractivity contribution is 6.04. The van der Waals surface area contributed by atoms with E-state index in [-0.39, 0.29) is 12.1 Å². The van der Waals surface area contributed by atoms with E-state index in [1.165, 1.54) is 32.4 Å². The Morgan fingerprint density at radius 1 is 1.06 bits per heavy atom. The maximum Gasteiger partial charge on any atom is 0.319 e. The standard InChI is InChI=1S/C23H37N3O3.ClHO/c1-3-24(2)23(27)26-17-12-22(13-18-26)29-21-10-8-20(9-11-21)28-19-7-16-25-14-5-4-6-15-25;1-2/h8-11,22H,3-7,12-19H2,1-2H3;2H. The number of halogens is 1. The Bertz CT molecular complexity index is 618. The van der Waals surface area contributed by atoms with Crippen molar-refractivity contribution in [1.82, 2.24) is 14.7 Å². The molecule has 1 aromatic carbocycles. The van der Waals surface area contributed by atoms with E-state index >= 15 is 0 Å². The summed E-state index contributed by atoms with van der Waals surface area (Å²) in [7, 11) is 1.85. The fraction of sp³-hybridized carbons (Fsp3) is 0.696. The lowest BCUT2D eigenvalue weighted by Gasteiger charge is -2.34. The molecular weight excluding hydrogens is 418 g/mol. The van der Waals surface area contributed by atoms with E-state index in [9.17, 15) is 4.79 Å². The molecule has 2 heterocycles. The molecule has 0 radical (unpaired) electrons. The maximum atomic E-state index is 12.2. The molecule has 2 aliphatic rings. The third-order valence-electron chi connectivity index (χ3n) is 5.98. The average Bonchev–Trinajstić information content (AvgIpc) is 2.84. The number of hydrogen-bond donors (Lipinski definition) is 1. The number of urea groups is 1. The Hall–Kier alpha value is -1.70. The van der Waals surface area contributed by atoms with Crippen LogP contribution in [-0.4, -0.2) is 84.4 Å². The van der Waals surface area contributed by atoms with Crippen LogP contribution < -0.4 is 9.47 Å². The van der Waals surface area contributed by atoms with Crippen LogP contribution in [0.5, 0.6) is 11.5 Å². The molecule has 0 saturated carbocycles. The lowest BCUT2D eigenvalue weighted by Crippen LogP contribution is -2.47. The van der Waals surface area contributed by atoms with Gasteiger partial charge in [-0.1, -0.05) is 6.42 Å². The number of benzene rings is 1. The van der Waals surface area contributed by atoms with E-state index in [1.54, 1.807) is 4.90 Å². The van der Waals surface area contributed by atoms with Gasteiger partial charge in [0.25, 0.3) is 0 Å². The second-order valence-corrected chi connectivity index (χ2v) is 8.18. The molecule has 31 heavy (non-hydrogen) atoms. The molecule has 3 rings (SSSR count). The van der Waals surface area contributed by atoms with Crippen molar-refractivity contribution >= 4 is 17.9 Å². The average molecular weight is 456 g/mol. The zero-order chi connectivity index (χ0) is 22.5. The quantitative estimate of drug-likeness (QED) is 0.600. The number of carbonyl (C=O) groups excluding carboxylic acids is 1. The van der Waals surface area contributed by atoms with Crippen molar-refractivity contribution in [3.63, 3.8) is 0 Å². The Kier molecular flexibility index (Phi) is 11.9. The molecule has 0 bridgehead atoms. The van der Waals surface area contributed by atoms with Crippen molar-refractivity contribution in [3.05, 3.63) is 24.3 Å². The highest BCUT2D eigenvalue weighted by Gasteiger charge is 2.25. The molecule has 2 saturated heterocycles. The number of rotatable bonds is 8. The van der Waals surface area contributed by atoms with Gasteiger partial charge in [-0.2, -0.15) is 0 Å². The van der Waals surface area contributed by atoms with E-state index in [4.69, 9.17) is 14.1 Å². The smallest absolute Gasteiger partial charge is 0.319 e. The van der Waals surface area contributed by atoms with Gasteiger partial charge in [0.2, 0.25) is 0 Å². The molecule has 176 valence electrons. The molecule has 2 fully saturated rings. The minimum absolute atomic E-state index is 0.118. The number of carbonyl (C=O) groups is 1. The zero-order valence-corrected chi connectivity index (χ0v) is 19.7. The first-order chi connectivity index (χ1) is 15.2. The molecular formula is C23H38ClN3O4. The maximum absolute atomic E-state index is 12.2. The number of nitrogens with zero attached hydrogens (tertiary/aromatic N) is 3. The van der Waals surface area contributed by atoms with E-state index in [1.807, 2.05) is 43.1 Å². The largest absolute Gasteiger partial charge is 0.494 e. The summed E-state index contributed by atoms with van der Waals surface area (Å²) >= 11 is 3.64. The third kappa shape index (κ3) is 8.75. The molecule has 1 aromatic rings. The summed E-state index contributed by atoms with van der Waals surface area (Å²) in [6.45, 7) is 8.63. The van der Waals surface area contributed by atoms with Gasteiger partial charge < -0.3 is 24.2 Å². The monoisotopic (exact) mass is 455 g/mol. The van der Waals surface area contributed by atoms with E-state index < -0.39 is 0 Å². The lowest BCUT2D eigenvalue weighted by atomic mass is 10.1. The van der Waals surface area contributed by atoms with Gasteiger partial charge in [-0.25, -0.2) is 4.79 Å². The van der Waals surface area contributed by atoms with Crippen molar-refractivity contribution < 1.29 is 18.9 Å². The van der Waals surface area contributed by atoms with Gasteiger partial charge in [-0.3, -0.25) is 4.66 Å². The summed E-state index contributed by atoms with van der Waals surface area (Å²) in [4.78, 5) is 18.4. The van der Waals surface area contributed by atoms with Crippen LogP contribution in [0.4, 0.5) is 4.79 Å². The number of piperidine rings is 2. The predicted octanol–water partition coefficient (Wildman–Crippen LogP) is 3.99. The molecule has 0 aromatic heterocycles. The van der Waals surface area contributed by atoms with Crippen molar-refractivity contribution in [2.75, 3.05) is 52.9 Å². The van der Waals surface area contributed by atoms with E-state index in [0.29, 0.717) is 0 Å². The van der Waals surface area contributed by atoms with Crippen LogP contribution in [0.1, 0.15) is 45.4 Å².